The van der Waals surface area contributed by atoms with Crippen molar-refractivity contribution in [3.63, 3.8) is 0 Å². The predicted octanol–water partition coefficient (Wildman–Crippen LogP) is 2.82. The summed E-state index contributed by atoms with van der Waals surface area (Å²) < 4.78 is 9.95. The molecule has 1 aliphatic rings. The lowest BCUT2D eigenvalue weighted by molar-refractivity contribution is 0.0478. The summed E-state index contributed by atoms with van der Waals surface area (Å²) in [6, 6.07) is 8.93. The highest BCUT2D eigenvalue weighted by atomic mass is 16.5. The van der Waals surface area contributed by atoms with Gasteiger partial charge in [0.05, 0.1) is 24.3 Å². The number of ketones is 2. The quantitative estimate of drug-likeness (QED) is 0.671. The van der Waals surface area contributed by atoms with Gasteiger partial charge in [-0.1, -0.05) is 24.3 Å². The van der Waals surface area contributed by atoms with Gasteiger partial charge in [-0.3, -0.25) is 9.59 Å². The van der Waals surface area contributed by atoms with Gasteiger partial charge in [0, 0.05) is 22.3 Å². The highest BCUT2D eigenvalue weighted by molar-refractivity contribution is 6.29. The van der Waals surface area contributed by atoms with E-state index in [1.54, 1.807) is 38.1 Å². The Morgan fingerprint density at radius 2 is 1.12 bits per heavy atom. The van der Waals surface area contributed by atoms with Crippen LogP contribution in [0.4, 0.5) is 0 Å². The van der Waals surface area contributed by atoms with Crippen LogP contribution in [0.25, 0.3) is 0 Å². The second-order valence-electron chi connectivity index (χ2n) is 5.59. The van der Waals surface area contributed by atoms with Crippen molar-refractivity contribution < 1.29 is 28.7 Å². The van der Waals surface area contributed by atoms with E-state index in [1.807, 2.05) is 0 Å². The van der Waals surface area contributed by atoms with E-state index in [0.717, 1.165) is 0 Å². The molecule has 0 fully saturated rings. The first-order valence-electron chi connectivity index (χ1n) is 8.20. The molecule has 2 aromatic rings. The molecule has 3 rings (SSSR count). The van der Waals surface area contributed by atoms with Crippen LogP contribution in [-0.2, 0) is 9.47 Å². The fraction of sp³-hybridized carbons (Fsp3) is 0.200. The van der Waals surface area contributed by atoms with Gasteiger partial charge in [0.2, 0.25) is 0 Å². The van der Waals surface area contributed by atoms with Crippen molar-refractivity contribution in [3.05, 3.63) is 69.8 Å². The molecule has 0 radical (unpaired) electrons. The third-order valence-corrected chi connectivity index (χ3v) is 4.05. The fourth-order valence-electron chi connectivity index (χ4n) is 2.90. The van der Waals surface area contributed by atoms with E-state index in [2.05, 4.69) is 0 Å². The second-order valence-corrected chi connectivity index (χ2v) is 5.59. The van der Waals surface area contributed by atoms with E-state index < -0.39 is 11.9 Å². The van der Waals surface area contributed by atoms with Crippen molar-refractivity contribution in [3.8, 4) is 0 Å². The second kappa shape index (κ2) is 6.92. The number of carbonyl (C=O) groups excluding carboxylic acids is 4. The minimum atomic E-state index is -0.752. The van der Waals surface area contributed by atoms with Crippen LogP contribution >= 0.6 is 0 Å². The molecule has 0 N–H and O–H groups in total. The molecule has 0 spiro atoms. The number of rotatable bonds is 4. The van der Waals surface area contributed by atoms with Gasteiger partial charge >= 0.3 is 11.9 Å². The van der Waals surface area contributed by atoms with Crippen molar-refractivity contribution in [2.75, 3.05) is 13.2 Å². The Morgan fingerprint density at radius 3 is 1.46 bits per heavy atom. The van der Waals surface area contributed by atoms with E-state index in [9.17, 15) is 19.2 Å². The number of ether oxygens (including phenoxy) is 2. The molecule has 2 aromatic carbocycles. The first kappa shape index (κ1) is 17.5. The van der Waals surface area contributed by atoms with Crippen LogP contribution in [0.15, 0.2) is 36.4 Å². The maximum absolute atomic E-state index is 12.8. The maximum atomic E-state index is 12.8. The molecule has 0 heterocycles. The summed E-state index contributed by atoms with van der Waals surface area (Å²) in [7, 11) is 0. The Labute approximate surface area is 149 Å². The Balaban J connectivity index is 2.23. The highest BCUT2D eigenvalue weighted by Gasteiger charge is 2.33. The summed E-state index contributed by atoms with van der Waals surface area (Å²) in [4.78, 5) is 50.1. The van der Waals surface area contributed by atoms with Crippen LogP contribution in [0.5, 0.6) is 0 Å². The van der Waals surface area contributed by atoms with Crippen LogP contribution in [0, 0.1) is 0 Å². The van der Waals surface area contributed by atoms with Gasteiger partial charge < -0.3 is 9.47 Å². The molecular formula is C20H16O6. The standard InChI is InChI=1S/C20H16O6/c1-3-25-19(23)15-9-13-14(10-16(15)20(24)26-4-2)18(22)12-8-6-5-7-11(12)17(13)21/h5-10H,3-4H2,1-2H3. The van der Waals surface area contributed by atoms with E-state index in [4.69, 9.17) is 9.47 Å². The highest BCUT2D eigenvalue weighted by Crippen LogP contribution is 2.30. The van der Waals surface area contributed by atoms with E-state index in [1.165, 1.54) is 12.1 Å². The largest absolute Gasteiger partial charge is 0.462 e. The number of carbonyl (C=O) groups is 4. The SMILES string of the molecule is CCOC(=O)c1cc2c(cc1C(=O)OCC)C(=O)c1ccccc1C2=O. The van der Waals surface area contributed by atoms with Crippen molar-refractivity contribution in [2.45, 2.75) is 13.8 Å². The normalized spacial score (nSPS) is 12.2. The predicted molar refractivity (Wildman–Crippen MR) is 91.7 cm³/mol. The first-order valence-corrected chi connectivity index (χ1v) is 8.20. The minimum Gasteiger partial charge on any atom is -0.462 e. The number of esters is 2. The molecule has 6 nitrogen and oxygen atoms in total. The number of benzene rings is 2. The molecule has 0 aromatic heterocycles. The molecule has 0 amide bonds. The molecule has 0 bridgehead atoms. The van der Waals surface area contributed by atoms with Crippen LogP contribution < -0.4 is 0 Å². The number of hydrogen-bond donors (Lipinski definition) is 0. The average molecular weight is 352 g/mol. The summed E-state index contributed by atoms with van der Waals surface area (Å²) in [5, 5.41) is 0. The van der Waals surface area contributed by atoms with E-state index >= 15 is 0 Å². The molecule has 0 unspecified atom stereocenters. The lowest BCUT2D eigenvalue weighted by atomic mass is 9.82. The molecule has 0 saturated heterocycles. The third kappa shape index (κ3) is 2.79. The Morgan fingerprint density at radius 1 is 0.731 bits per heavy atom. The summed E-state index contributed by atoms with van der Waals surface area (Å²) >= 11 is 0. The zero-order valence-corrected chi connectivity index (χ0v) is 14.3. The van der Waals surface area contributed by atoms with Crippen LogP contribution in [0.2, 0.25) is 0 Å². The molecule has 0 saturated carbocycles. The fourth-order valence-corrected chi connectivity index (χ4v) is 2.90. The van der Waals surface area contributed by atoms with Crippen LogP contribution in [-0.4, -0.2) is 36.7 Å². The molecule has 26 heavy (non-hydrogen) atoms. The molecule has 6 heteroatoms. The van der Waals surface area contributed by atoms with Gasteiger partial charge in [0.25, 0.3) is 0 Å². The number of fused-ring (bicyclic) bond motifs is 2. The van der Waals surface area contributed by atoms with E-state index in [-0.39, 0.29) is 58.2 Å². The molecule has 0 aliphatic heterocycles. The van der Waals surface area contributed by atoms with E-state index in [0.29, 0.717) is 0 Å². The van der Waals surface area contributed by atoms with Gasteiger partial charge in [0.15, 0.2) is 11.6 Å². The maximum Gasteiger partial charge on any atom is 0.339 e. The first-order chi connectivity index (χ1) is 12.5. The Hall–Kier alpha value is -3.28. The minimum absolute atomic E-state index is 0.0739. The summed E-state index contributed by atoms with van der Waals surface area (Å²) in [6.45, 7) is 3.47. The van der Waals surface area contributed by atoms with Gasteiger partial charge in [-0.2, -0.15) is 0 Å². The Kier molecular flexibility index (Phi) is 4.67. The van der Waals surface area contributed by atoms with Gasteiger partial charge in [-0.25, -0.2) is 9.59 Å². The van der Waals surface area contributed by atoms with Crippen molar-refractivity contribution in [1.29, 1.82) is 0 Å². The summed E-state index contributed by atoms with van der Waals surface area (Å²) in [6.07, 6.45) is 0. The summed E-state index contributed by atoms with van der Waals surface area (Å²) in [5.74, 6) is -2.26. The Bertz CT molecular complexity index is 865. The lowest BCUT2D eigenvalue weighted by Crippen LogP contribution is -2.24. The number of hydrogen-bond acceptors (Lipinski definition) is 6. The topological polar surface area (TPSA) is 86.7 Å². The smallest absolute Gasteiger partial charge is 0.339 e. The molecule has 132 valence electrons. The average Bonchev–Trinajstić information content (AvgIpc) is 2.65. The molecular weight excluding hydrogens is 336 g/mol. The van der Waals surface area contributed by atoms with Gasteiger partial charge in [-0.15, -0.1) is 0 Å². The van der Waals surface area contributed by atoms with Crippen molar-refractivity contribution >= 4 is 23.5 Å². The summed E-state index contributed by atoms with van der Waals surface area (Å²) in [5.41, 5.74) is 0.496. The molecule has 0 atom stereocenters. The third-order valence-electron chi connectivity index (χ3n) is 4.05. The van der Waals surface area contributed by atoms with Crippen LogP contribution in [0.3, 0.4) is 0 Å². The molecule has 1 aliphatic carbocycles. The zero-order valence-electron chi connectivity index (χ0n) is 14.3. The zero-order chi connectivity index (χ0) is 18.8. The lowest BCUT2D eigenvalue weighted by Gasteiger charge is -2.19. The van der Waals surface area contributed by atoms with Gasteiger partial charge in [0.1, 0.15) is 0 Å². The van der Waals surface area contributed by atoms with Gasteiger partial charge in [-0.05, 0) is 26.0 Å². The van der Waals surface area contributed by atoms with Crippen LogP contribution in [0.1, 0.15) is 66.4 Å². The van der Waals surface area contributed by atoms with Crippen molar-refractivity contribution in [2.24, 2.45) is 0 Å². The van der Waals surface area contributed by atoms with Crippen molar-refractivity contribution in [1.82, 2.24) is 0 Å². The monoisotopic (exact) mass is 352 g/mol.